The average Bonchev–Trinajstić information content (AvgIpc) is 2.87. The summed E-state index contributed by atoms with van der Waals surface area (Å²) in [5, 5.41) is 43.0. The van der Waals surface area contributed by atoms with Gasteiger partial charge in [-0.25, -0.2) is 0 Å². The molecule has 0 aromatic rings. The van der Waals surface area contributed by atoms with Crippen molar-refractivity contribution in [3.63, 3.8) is 0 Å². The van der Waals surface area contributed by atoms with E-state index in [-0.39, 0.29) is 23.5 Å². The number of allylic oxidation sites excluding steroid dienone is 1. The molecule has 0 amide bonds. The molecule has 5 heteroatoms. The summed E-state index contributed by atoms with van der Waals surface area (Å²) in [5.41, 5.74) is -1.63. The maximum absolute atomic E-state index is 12.3. The van der Waals surface area contributed by atoms with Crippen molar-refractivity contribution in [2.45, 2.75) is 70.4 Å². The van der Waals surface area contributed by atoms with Crippen molar-refractivity contribution in [2.75, 3.05) is 0 Å². The quantitative estimate of drug-likeness (QED) is 0.528. The predicted octanol–water partition coefficient (Wildman–Crippen LogP) is 1.35. The van der Waals surface area contributed by atoms with Crippen LogP contribution in [0.2, 0.25) is 0 Å². The molecule has 0 saturated heterocycles. The summed E-state index contributed by atoms with van der Waals surface area (Å²) in [4.78, 5) is 12.3. The molecule has 4 aliphatic rings. The Morgan fingerprint density at radius 2 is 1.77 bits per heavy atom. The molecule has 4 rings (SSSR count). The van der Waals surface area contributed by atoms with Crippen LogP contribution < -0.4 is 0 Å². The Morgan fingerprint density at radius 3 is 2.42 bits per heavy atom. The molecule has 4 N–H and O–H groups in total. The molecule has 9 atom stereocenters. The maximum Gasteiger partial charge on any atom is 0.161 e. The van der Waals surface area contributed by atoms with Gasteiger partial charge in [-0.05, 0) is 62.0 Å². The van der Waals surface area contributed by atoms with Crippen molar-refractivity contribution in [2.24, 2.45) is 28.6 Å². The van der Waals surface area contributed by atoms with E-state index in [4.69, 9.17) is 0 Å². The van der Waals surface area contributed by atoms with Crippen molar-refractivity contribution in [1.29, 1.82) is 0 Å². The first-order valence-electron chi connectivity index (χ1n) is 9.75. The van der Waals surface area contributed by atoms with Crippen LogP contribution in [-0.4, -0.2) is 50.1 Å². The smallest absolute Gasteiger partial charge is 0.161 e. The zero-order valence-electron chi connectivity index (χ0n) is 15.7. The normalized spacial score (nSPS) is 55.6. The lowest BCUT2D eigenvalue weighted by Gasteiger charge is -2.60. The lowest BCUT2D eigenvalue weighted by molar-refractivity contribution is -0.175. The molecule has 4 aliphatic carbocycles. The van der Waals surface area contributed by atoms with E-state index >= 15 is 0 Å². The molecule has 26 heavy (non-hydrogen) atoms. The van der Waals surface area contributed by atoms with Crippen LogP contribution >= 0.6 is 0 Å². The van der Waals surface area contributed by atoms with E-state index in [2.05, 4.69) is 6.92 Å². The Hall–Kier alpha value is -1.01. The Labute approximate surface area is 154 Å². The number of hydrogen-bond donors (Lipinski definition) is 4. The topological polar surface area (TPSA) is 98.0 Å². The summed E-state index contributed by atoms with van der Waals surface area (Å²) in [5.74, 6) is -0.278. The van der Waals surface area contributed by atoms with Gasteiger partial charge in [-0.3, -0.25) is 4.79 Å². The van der Waals surface area contributed by atoms with E-state index in [0.29, 0.717) is 18.4 Å². The van der Waals surface area contributed by atoms with Crippen molar-refractivity contribution in [1.82, 2.24) is 0 Å². The molecule has 5 nitrogen and oxygen atoms in total. The van der Waals surface area contributed by atoms with Crippen LogP contribution in [0, 0.1) is 28.6 Å². The van der Waals surface area contributed by atoms with E-state index in [9.17, 15) is 25.2 Å². The first-order chi connectivity index (χ1) is 12.1. The monoisotopic (exact) mass is 362 g/mol. The summed E-state index contributed by atoms with van der Waals surface area (Å²) in [6.07, 6.45) is 5.27. The first kappa shape index (κ1) is 18.4. The second kappa shape index (κ2) is 5.51. The maximum atomic E-state index is 12.3. The summed E-state index contributed by atoms with van der Waals surface area (Å²) in [6.45, 7) is 5.51. The minimum absolute atomic E-state index is 0.0153. The van der Waals surface area contributed by atoms with Crippen molar-refractivity contribution >= 4 is 5.78 Å². The minimum Gasteiger partial charge on any atom is -0.390 e. The molecule has 0 unspecified atom stereocenters. The van der Waals surface area contributed by atoms with Crippen molar-refractivity contribution in [3.8, 4) is 0 Å². The van der Waals surface area contributed by atoms with E-state index in [1.807, 2.05) is 13.0 Å². The Bertz CT molecular complexity index is 699. The number of aliphatic hydroxyl groups excluding tert-OH is 3. The molecule has 0 bridgehead atoms. The van der Waals surface area contributed by atoms with Crippen LogP contribution in [0.15, 0.2) is 23.8 Å². The summed E-state index contributed by atoms with van der Waals surface area (Å²) in [6, 6.07) is 0. The van der Waals surface area contributed by atoms with Crippen molar-refractivity contribution in [3.05, 3.63) is 23.8 Å². The standard InChI is InChI=1S/C21H30O5/c1-11(22)21(26)9-6-14-16-13(5-8-20(14,21)3)19(2)7-4-12(23)10-15(19)17(24)18(16)25/h4,7,10,12-14,16-18,23-26H,5-6,8-9H2,1-3H3/t12-,13-,14-,16+,17-,18-,19+,20-,21-/m0/s1. The summed E-state index contributed by atoms with van der Waals surface area (Å²) < 4.78 is 0. The Kier molecular flexibility index (Phi) is 3.89. The highest BCUT2D eigenvalue weighted by atomic mass is 16.3. The average molecular weight is 362 g/mol. The number of aliphatic hydroxyl groups is 4. The van der Waals surface area contributed by atoms with E-state index < -0.39 is 34.7 Å². The van der Waals surface area contributed by atoms with Gasteiger partial charge in [0.25, 0.3) is 0 Å². The van der Waals surface area contributed by atoms with Gasteiger partial charge in [0.1, 0.15) is 11.7 Å². The van der Waals surface area contributed by atoms with Gasteiger partial charge in [0.15, 0.2) is 5.78 Å². The fourth-order valence-electron chi connectivity index (χ4n) is 6.93. The molecule has 0 aliphatic heterocycles. The lowest BCUT2D eigenvalue weighted by atomic mass is 9.46. The summed E-state index contributed by atoms with van der Waals surface area (Å²) in [7, 11) is 0. The van der Waals surface area contributed by atoms with Crippen LogP contribution in [-0.2, 0) is 4.79 Å². The first-order valence-corrected chi connectivity index (χ1v) is 9.75. The van der Waals surface area contributed by atoms with Gasteiger partial charge in [-0.1, -0.05) is 26.0 Å². The zero-order valence-corrected chi connectivity index (χ0v) is 15.7. The highest BCUT2D eigenvalue weighted by molar-refractivity contribution is 5.86. The fraction of sp³-hybridized carbons (Fsp3) is 0.762. The highest BCUT2D eigenvalue weighted by Gasteiger charge is 2.67. The molecule has 0 aromatic heterocycles. The molecule has 0 radical (unpaired) electrons. The van der Waals surface area contributed by atoms with Gasteiger partial charge >= 0.3 is 0 Å². The van der Waals surface area contributed by atoms with Gasteiger partial charge < -0.3 is 20.4 Å². The molecule has 3 saturated carbocycles. The second-order valence-electron chi connectivity index (χ2n) is 9.39. The molecule has 144 valence electrons. The number of rotatable bonds is 1. The SMILES string of the molecule is CC(=O)[C@@]1(O)CC[C@H]2[C@@H]3[C@H](O)[C@@H](O)C4=C[C@@H](O)C=C[C@]4(C)[C@H]3CC[C@@]21C. The van der Waals surface area contributed by atoms with Crippen LogP contribution in [0.5, 0.6) is 0 Å². The number of carbonyl (C=O) groups is 1. The zero-order chi connectivity index (χ0) is 19.1. The number of hydrogen-bond acceptors (Lipinski definition) is 5. The molecular weight excluding hydrogens is 332 g/mol. The van der Waals surface area contributed by atoms with Crippen LogP contribution in [0.25, 0.3) is 0 Å². The van der Waals surface area contributed by atoms with E-state index in [0.717, 1.165) is 12.8 Å². The van der Waals surface area contributed by atoms with Crippen molar-refractivity contribution < 1.29 is 25.2 Å². The fourth-order valence-corrected chi connectivity index (χ4v) is 6.93. The molecule has 0 aromatic carbocycles. The molecule has 3 fully saturated rings. The highest BCUT2D eigenvalue weighted by Crippen LogP contribution is 2.67. The number of Topliss-reactive ketones (excluding diaryl/α,β-unsaturated/α-hetero) is 1. The third kappa shape index (κ3) is 2.03. The van der Waals surface area contributed by atoms with Gasteiger partial charge in [-0.15, -0.1) is 0 Å². The van der Waals surface area contributed by atoms with E-state index in [1.165, 1.54) is 6.92 Å². The minimum atomic E-state index is -1.34. The van der Waals surface area contributed by atoms with E-state index in [1.54, 1.807) is 12.2 Å². The predicted molar refractivity (Wildman–Crippen MR) is 96.0 cm³/mol. The van der Waals surface area contributed by atoms with Gasteiger partial charge in [0.05, 0.1) is 12.2 Å². The second-order valence-corrected chi connectivity index (χ2v) is 9.39. The Balaban J connectivity index is 1.78. The van der Waals surface area contributed by atoms with Crippen LogP contribution in [0.1, 0.15) is 46.5 Å². The molecular formula is C21H30O5. The van der Waals surface area contributed by atoms with Crippen LogP contribution in [0.4, 0.5) is 0 Å². The van der Waals surface area contributed by atoms with Gasteiger partial charge in [0, 0.05) is 10.8 Å². The molecule has 0 spiro atoms. The number of carbonyl (C=O) groups excluding carboxylic acids is 1. The van der Waals surface area contributed by atoms with Gasteiger partial charge in [0.2, 0.25) is 0 Å². The van der Waals surface area contributed by atoms with Gasteiger partial charge in [-0.2, -0.15) is 0 Å². The third-order valence-electron chi connectivity index (χ3n) is 8.49. The lowest BCUT2D eigenvalue weighted by Crippen LogP contribution is -2.62. The number of ketones is 1. The summed E-state index contributed by atoms with van der Waals surface area (Å²) >= 11 is 0. The Morgan fingerprint density at radius 1 is 1.12 bits per heavy atom. The number of fused-ring (bicyclic) bond motifs is 5. The third-order valence-corrected chi connectivity index (χ3v) is 8.49. The van der Waals surface area contributed by atoms with Crippen LogP contribution in [0.3, 0.4) is 0 Å². The molecule has 0 heterocycles. The largest absolute Gasteiger partial charge is 0.390 e.